The first kappa shape index (κ1) is 8.70. The molecule has 0 radical (unpaired) electrons. The van der Waals surface area contributed by atoms with E-state index in [1.165, 1.54) is 6.20 Å². The van der Waals surface area contributed by atoms with Crippen LogP contribution in [0.2, 0.25) is 0 Å². The summed E-state index contributed by atoms with van der Waals surface area (Å²) in [5.41, 5.74) is 0.837. The first-order valence-corrected chi connectivity index (χ1v) is 4.46. The summed E-state index contributed by atoms with van der Waals surface area (Å²) in [5, 5.41) is 11.4. The molecule has 1 aromatic heterocycles. The third-order valence-corrected chi connectivity index (χ3v) is 2.04. The van der Waals surface area contributed by atoms with E-state index in [4.69, 9.17) is 5.26 Å². The van der Waals surface area contributed by atoms with E-state index in [9.17, 15) is 4.79 Å². The zero-order valence-electron chi connectivity index (χ0n) is 7.53. The topological polar surface area (TPSA) is 65.8 Å². The lowest BCUT2D eigenvalue weighted by atomic mass is 10.2. The lowest BCUT2D eigenvalue weighted by Crippen LogP contribution is -2.26. The van der Waals surface area contributed by atoms with Crippen molar-refractivity contribution in [3.8, 4) is 6.07 Å². The van der Waals surface area contributed by atoms with Crippen molar-refractivity contribution in [1.82, 2.24) is 10.3 Å². The predicted octanol–water partition coefficient (Wildman–Crippen LogP) is 0.845. The van der Waals surface area contributed by atoms with Gasteiger partial charge < -0.3 is 5.32 Å². The second-order valence-electron chi connectivity index (χ2n) is 3.29. The predicted molar refractivity (Wildman–Crippen MR) is 49.4 cm³/mol. The van der Waals surface area contributed by atoms with Gasteiger partial charge in [0, 0.05) is 12.2 Å². The maximum atomic E-state index is 11.4. The smallest absolute Gasteiger partial charge is 0.270 e. The minimum Gasteiger partial charge on any atom is -0.348 e. The maximum Gasteiger partial charge on any atom is 0.270 e. The molecule has 0 aromatic carbocycles. The molecule has 1 N–H and O–H groups in total. The van der Waals surface area contributed by atoms with Crippen LogP contribution in [0.3, 0.4) is 0 Å². The zero-order chi connectivity index (χ0) is 9.97. The molecule has 2 rings (SSSR count). The number of nitriles is 1. The van der Waals surface area contributed by atoms with Crippen molar-refractivity contribution in [1.29, 1.82) is 5.26 Å². The van der Waals surface area contributed by atoms with Crippen molar-refractivity contribution >= 4 is 5.91 Å². The molecular formula is C10H9N3O. The van der Waals surface area contributed by atoms with Crippen molar-refractivity contribution in [2.45, 2.75) is 18.9 Å². The number of hydrogen-bond acceptors (Lipinski definition) is 3. The van der Waals surface area contributed by atoms with E-state index < -0.39 is 0 Å². The van der Waals surface area contributed by atoms with Gasteiger partial charge in [-0.1, -0.05) is 0 Å². The van der Waals surface area contributed by atoms with Gasteiger partial charge >= 0.3 is 0 Å². The molecule has 1 aliphatic carbocycles. The maximum absolute atomic E-state index is 11.4. The van der Waals surface area contributed by atoms with E-state index in [0.29, 0.717) is 17.3 Å². The lowest BCUT2D eigenvalue weighted by Gasteiger charge is -2.01. The van der Waals surface area contributed by atoms with Crippen LogP contribution in [0, 0.1) is 11.3 Å². The van der Waals surface area contributed by atoms with Crippen LogP contribution in [0.1, 0.15) is 28.9 Å². The molecular weight excluding hydrogens is 178 g/mol. The molecule has 0 spiro atoms. The van der Waals surface area contributed by atoms with E-state index in [1.54, 1.807) is 12.1 Å². The Morgan fingerprint density at radius 2 is 2.36 bits per heavy atom. The summed E-state index contributed by atoms with van der Waals surface area (Å²) in [7, 11) is 0. The van der Waals surface area contributed by atoms with Gasteiger partial charge in [0.2, 0.25) is 0 Å². The molecule has 1 aliphatic rings. The van der Waals surface area contributed by atoms with Crippen molar-refractivity contribution in [2.75, 3.05) is 0 Å². The number of carbonyl (C=O) groups is 1. The van der Waals surface area contributed by atoms with Crippen LogP contribution in [0.5, 0.6) is 0 Å². The summed E-state index contributed by atoms with van der Waals surface area (Å²) in [4.78, 5) is 15.3. The average molecular weight is 187 g/mol. The first-order chi connectivity index (χ1) is 6.79. The van der Waals surface area contributed by atoms with Gasteiger partial charge in [-0.2, -0.15) is 5.26 Å². The van der Waals surface area contributed by atoms with Crippen LogP contribution < -0.4 is 5.32 Å². The summed E-state index contributed by atoms with van der Waals surface area (Å²) in [6.07, 6.45) is 3.52. The number of carbonyl (C=O) groups excluding carboxylic acids is 1. The van der Waals surface area contributed by atoms with Gasteiger partial charge in [-0.05, 0) is 25.0 Å². The third kappa shape index (κ3) is 1.88. The second-order valence-corrected chi connectivity index (χ2v) is 3.29. The Morgan fingerprint density at radius 1 is 1.57 bits per heavy atom. The van der Waals surface area contributed by atoms with E-state index >= 15 is 0 Å². The van der Waals surface area contributed by atoms with E-state index in [1.807, 2.05) is 6.07 Å². The number of hydrogen-bond donors (Lipinski definition) is 1. The summed E-state index contributed by atoms with van der Waals surface area (Å²) >= 11 is 0. The largest absolute Gasteiger partial charge is 0.348 e. The van der Waals surface area contributed by atoms with Crippen molar-refractivity contribution in [2.24, 2.45) is 0 Å². The molecule has 0 aliphatic heterocycles. The standard InChI is InChI=1S/C10H9N3O/c11-5-7-1-4-9(12-6-7)10(14)13-8-2-3-8/h1,4,6,8H,2-3H2,(H,13,14). The molecule has 1 aromatic rings. The van der Waals surface area contributed by atoms with Crippen molar-refractivity contribution < 1.29 is 4.79 Å². The highest BCUT2D eigenvalue weighted by atomic mass is 16.2. The molecule has 4 nitrogen and oxygen atoms in total. The Hall–Kier alpha value is -1.89. The van der Waals surface area contributed by atoms with Gasteiger partial charge in [-0.25, -0.2) is 4.98 Å². The van der Waals surface area contributed by atoms with E-state index in [0.717, 1.165) is 12.8 Å². The molecule has 70 valence electrons. The van der Waals surface area contributed by atoms with Crippen molar-refractivity contribution in [3.63, 3.8) is 0 Å². The van der Waals surface area contributed by atoms with Crippen LogP contribution in [-0.2, 0) is 0 Å². The molecule has 0 bridgehead atoms. The number of nitrogens with zero attached hydrogens (tertiary/aromatic N) is 2. The zero-order valence-corrected chi connectivity index (χ0v) is 7.53. The fourth-order valence-electron chi connectivity index (χ4n) is 1.08. The number of aromatic nitrogens is 1. The quantitative estimate of drug-likeness (QED) is 0.746. The van der Waals surface area contributed by atoms with Crippen LogP contribution in [0.15, 0.2) is 18.3 Å². The fourth-order valence-corrected chi connectivity index (χ4v) is 1.08. The molecule has 14 heavy (non-hydrogen) atoms. The number of nitrogens with one attached hydrogen (secondary N) is 1. The Morgan fingerprint density at radius 3 is 2.86 bits per heavy atom. The Balaban J connectivity index is 2.08. The van der Waals surface area contributed by atoms with Crippen LogP contribution in [0.4, 0.5) is 0 Å². The Labute approximate surface area is 81.6 Å². The summed E-state index contributed by atoms with van der Waals surface area (Å²) in [6, 6.07) is 5.44. The van der Waals surface area contributed by atoms with Gasteiger partial charge in [0.15, 0.2) is 0 Å². The summed E-state index contributed by atoms with van der Waals surface area (Å²) in [6.45, 7) is 0. The van der Waals surface area contributed by atoms with Gasteiger partial charge in [0.25, 0.3) is 5.91 Å². The highest BCUT2D eigenvalue weighted by Crippen LogP contribution is 2.18. The summed E-state index contributed by atoms with van der Waals surface area (Å²) < 4.78 is 0. The number of amides is 1. The molecule has 1 saturated carbocycles. The van der Waals surface area contributed by atoms with E-state index in [2.05, 4.69) is 10.3 Å². The Kier molecular flexibility index (Phi) is 2.15. The molecule has 4 heteroatoms. The molecule has 1 fully saturated rings. The van der Waals surface area contributed by atoms with E-state index in [-0.39, 0.29) is 5.91 Å². The molecule has 0 unspecified atom stereocenters. The minimum atomic E-state index is -0.156. The monoisotopic (exact) mass is 187 g/mol. The fraction of sp³-hybridized carbons (Fsp3) is 0.300. The van der Waals surface area contributed by atoms with Crippen LogP contribution >= 0.6 is 0 Å². The molecule has 0 saturated heterocycles. The van der Waals surface area contributed by atoms with Crippen LogP contribution in [-0.4, -0.2) is 16.9 Å². The highest BCUT2D eigenvalue weighted by molar-refractivity contribution is 5.92. The minimum absolute atomic E-state index is 0.156. The molecule has 1 amide bonds. The van der Waals surface area contributed by atoms with Gasteiger partial charge in [-0.15, -0.1) is 0 Å². The first-order valence-electron chi connectivity index (χ1n) is 4.46. The third-order valence-electron chi connectivity index (χ3n) is 2.04. The number of pyridine rings is 1. The number of rotatable bonds is 2. The second kappa shape index (κ2) is 3.46. The Bertz CT molecular complexity index is 387. The summed E-state index contributed by atoms with van der Waals surface area (Å²) in [5.74, 6) is -0.156. The molecule has 1 heterocycles. The van der Waals surface area contributed by atoms with Crippen LogP contribution in [0.25, 0.3) is 0 Å². The SMILES string of the molecule is N#Cc1ccc(C(=O)NC2CC2)nc1. The van der Waals surface area contributed by atoms with Gasteiger partial charge in [-0.3, -0.25) is 4.79 Å². The van der Waals surface area contributed by atoms with Gasteiger partial charge in [0.1, 0.15) is 11.8 Å². The lowest BCUT2D eigenvalue weighted by molar-refractivity contribution is 0.0946. The molecule has 0 atom stereocenters. The van der Waals surface area contributed by atoms with Gasteiger partial charge in [0.05, 0.1) is 5.56 Å². The van der Waals surface area contributed by atoms with Crippen molar-refractivity contribution in [3.05, 3.63) is 29.6 Å². The average Bonchev–Trinajstić information content (AvgIpc) is 3.02. The normalized spacial score (nSPS) is 14.5. The highest BCUT2D eigenvalue weighted by Gasteiger charge is 2.24.